The lowest BCUT2D eigenvalue weighted by atomic mass is 9.87. The van der Waals surface area contributed by atoms with Gasteiger partial charge in [0.2, 0.25) is 5.91 Å². The van der Waals surface area contributed by atoms with Crippen molar-refractivity contribution in [1.82, 2.24) is 10.2 Å². The predicted octanol–water partition coefficient (Wildman–Crippen LogP) is -0.550. The molecule has 2 heterocycles. The molecule has 0 saturated carbocycles. The maximum absolute atomic E-state index is 12.3. The highest BCUT2D eigenvalue weighted by Crippen LogP contribution is 2.21. The molecule has 17 heavy (non-hydrogen) atoms. The Morgan fingerprint density at radius 1 is 1.53 bits per heavy atom. The zero-order valence-electron chi connectivity index (χ0n) is 10.6. The van der Waals surface area contributed by atoms with Crippen molar-refractivity contribution in [3.63, 3.8) is 0 Å². The number of nitrogens with one attached hydrogen (secondary N) is 1. The highest BCUT2D eigenvalue weighted by atomic mass is 16.5. The van der Waals surface area contributed by atoms with Crippen molar-refractivity contribution in [3.05, 3.63) is 0 Å². The second-order valence-electron chi connectivity index (χ2n) is 5.20. The van der Waals surface area contributed by atoms with Crippen molar-refractivity contribution >= 4 is 5.91 Å². The van der Waals surface area contributed by atoms with Crippen molar-refractivity contribution in [2.24, 2.45) is 11.8 Å². The van der Waals surface area contributed by atoms with Gasteiger partial charge in [0.1, 0.15) is 0 Å². The second kappa shape index (κ2) is 5.33. The van der Waals surface area contributed by atoms with Crippen LogP contribution >= 0.6 is 0 Å². The fraction of sp³-hybridized carbons (Fsp3) is 0.917. The standard InChI is InChI=1S/C12H22N2O3/c1-8-5-14(6-11(7-15)17-8)12(16)9(2)10-3-13-4-10/h8-11,13,15H,3-7H2,1-2H3. The number of nitrogens with zero attached hydrogens (tertiary/aromatic N) is 1. The molecule has 2 aliphatic heterocycles. The van der Waals surface area contributed by atoms with Crippen LogP contribution in [0.15, 0.2) is 0 Å². The van der Waals surface area contributed by atoms with Gasteiger partial charge in [0, 0.05) is 19.0 Å². The average molecular weight is 242 g/mol. The third-order valence-corrected chi connectivity index (χ3v) is 3.75. The number of ether oxygens (including phenoxy) is 1. The Bertz CT molecular complexity index is 281. The number of carbonyl (C=O) groups excluding carboxylic acids is 1. The number of hydrogen-bond acceptors (Lipinski definition) is 4. The van der Waals surface area contributed by atoms with Crippen molar-refractivity contribution in [3.8, 4) is 0 Å². The Morgan fingerprint density at radius 2 is 2.24 bits per heavy atom. The molecular weight excluding hydrogens is 220 g/mol. The third-order valence-electron chi connectivity index (χ3n) is 3.75. The van der Waals surface area contributed by atoms with E-state index < -0.39 is 0 Å². The zero-order valence-corrected chi connectivity index (χ0v) is 10.6. The molecular formula is C12H22N2O3. The fourth-order valence-electron chi connectivity index (χ4n) is 2.48. The van der Waals surface area contributed by atoms with Crippen LogP contribution in [-0.4, -0.2) is 60.9 Å². The number of rotatable bonds is 3. The van der Waals surface area contributed by atoms with Crippen LogP contribution in [0.3, 0.4) is 0 Å². The normalized spacial score (nSPS) is 32.1. The van der Waals surface area contributed by atoms with E-state index >= 15 is 0 Å². The summed E-state index contributed by atoms with van der Waals surface area (Å²) < 4.78 is 5.54. The minimum absolute atomic E-state index is 0.0107. The summed E-state index contributed by atoms with van der Waals surface area (Å²) >= 11 is 0. The molecule has 0 radical (unpaired) electrons. The van der Waals surface area contributed by atoms with Gasteiger partial charge in [0.25, 0.3) is 0 Å². The van der Waals surface area contributed by atoms with Gasteiger partial charge in [-0.25, -0.2) is 0 Å². The van der Waals surface area contributed by atoms with E-state index in [1.165, 1.54) is 0 Å². The van der Waals surface area contributed by atoms with E-state index in [0.717, 1.165) is 13.1 Å². The number of aliphatic hydroxyl groups is 1. The molecule has 3 unspecified atom stereocenters. The SMILES string of the molecule is CC1CN(C(=O)C(C)C2CNC2)CC(CO)O1. The Kier molecular flexibility index (Phi) is 4.01. The Morgan fingerprint density at radius 3 is 2.76 bits per heavy atom. The summed E-state index contributed by atoms with van der Waals surface area (Å²) in [5.41, 5.74) is 0. The van der Waals surface area contributed by atoms with Gasteiger partial charge in [0.15, 0.2) is 0 Å². The van der Waals surface area contributed by atoms with E-state index in [4.69, 9.17) is 9.84 Å². The van der Waals surface area contributed by atoms with Crippen LogP contribution in [0.2, 0.25) is 0 Å². The molecule has 98 valence electrons. The summed E-state index contributed by atoms with van der Waals surface area (Å²) in [5, 5.41) is 12.3. The molecule has 5 heteroatoms. The Balaban J connectivity index is 1.93. The highest BCUT2D eigenvalue weighted by Gasteiger charge is 2.35. The summed E-state index contributed by atoms with van der Waals surface area (Å²) in [6.45, 7) is 6.96. The average Bonchev–Trinajstić information content (AvgIpc) is 2.24. The summed E-state index contributed by atoms with van der Waals surface area (Å²) in [7, 11) is 0. The van der Waals surface area contributed by atoms with Gasteiger partial charge in [0.05, 0.1) is 18.8 Å². The van der Waals surface area contributed by atoms with Gasteiger partial charge in [-0.3, -0.25) is 4.79 Å². The fourth-order valence-corrected chi connectivity index (χ4v) is 2.48. The van der Waals surface area contributed by atoms with E-state index in [2.05, 4.69) is 5.32 Å². The molecule has 0 spiro atoms. The van der Waals surface area contributed by atoms with Crippen LogP contribution in [0.4, 0.5) is 0 Å². The third kappa shape index (κ3) is 2.78. The minimum Gasteiger partial charge on any atom is -0.394 e. The maximum atomic E-state index is 12.3. The van der Waals surface area contributed by atoms with Gasteiger partial charge >= 0.3 is 0 Å². The van der Waals surface area contributed by atoms with Crippen molar-refractivity contribution < 1.29 is 14.6 Å². The first-order valence-corrected chi connectivity index (χ1v) is 6.37. The van der Waals surface area contributed by atoms with Crippen LogP contribution in [0.5, 0.6) is 0 Å². The molecule has 0 aromatic carbocycles. The molecule has 0 aromatic heterocycles. The van der Waals surface area contributed by atoms with E-state index in [1.807, 2.05) is 18.7 Å². The summed E-state index contributed by atoms with van der Waals surface area (Å²) in [5.74, 6) is 0.735. The predicted molar refractivity (Wildman–Crippen MR) is 63.5 cm³/mol. The number of morpholine rings is 1. The molecule has 2 fully saturated rings. The van der Waals surface area contributed by atoms with Crippen LogP contribution in [0.25, 0.3) is 0 Å². The molecule has 5 nitrogen and oxygen atoms in total. The summed E-state index contributed by atoms with van der Waals surface area (Å²) in [6, 6.07) is 0. The van der Waals surface area contributed by atoms with E-state index in [0.29, 0.717) is 19.0 Å². The van der Waals surface area contributed by atoms with Crippen molar-refractivity contribution in [1.29, 1.82) is 0 Å². The lowest BCUT2D eigenvalue weighted by molar-refractivity contribution is -0.152. The number of aliphatic hydroxyl groups excluding tert-OH is 1. The summed E-state index contributed by atoms with van der Waals surface area (Å²) in [4.78, 5) is 14.1. The molecule has 0 aromatic rings. The largest absolute Gasteiger partial charge is 0.394 e. The lowest BCUT2D eigenvalue weighted by Crippen LogP contribution is -2.55. The monoisotopic (exact) mass is 242 g/mol. The number of carbonyl (C=O) groups is 1. The Labute approximate surface area is 102 Å². The smallest absolute Gasteiger partial charge is 0.225 e. The first-order valence-electron chi connectivity index (χ1n) is 6.37. The van der Waals surface area contributed by atoms with Gasteiger partial charge in [-0.2, -0.15) is 0 Å². The topological polar surface area (TPSA) is 61.8 Å². The maximum Gasteiger partial charge on any atom is 0.225 e. The van der Waals surface area contributed by atoms with Gasteiger partial charge in [-0.1, -0.05) is 6.92 Å². The molecule has 2 aliphatic rings. The molecule has 2 N–H and O–H groups in total. The molecule has 3 atom stereocenters. The van der Waals surface area contributed by atoms with Crippen molar-refractivity contribution in [2.75, 3.05) is 32.8 Å². The Hall–Kier alpha value is -0.650. The minimum atomic E-state index is -0.227. The second-order valence-corrected chi connectivity index (χ2v) is 5.20. The van der Waals surface area contributed by atoms with E-state index in [9.17, 15) is 4.79 Å². The summed E-state index contributed by atoms with van der Waals surface area (Å²) in [6.07, 6.45) is -0.217. The van der Waals surface area contributed by atoms with E-state index in [-0.39, 0.29) is 30.6 Å². The number of hydrogen-bond donors (Lipinski definition) is 2. The zero-order chi connectivity index (χ0) is 12.4. The lowest BCUT2D eigenvalue weighted by Gasteiger charge is -2.40. The molecule has 2 saturated heterocycles. The van der Waals surface area contributed by atoms with Gasteiger partial charge < -0.3 is 20.1 Å². The number of amides is 1. The molecule has 0 aliphatic carbocycles. The van der Waals surface area contributed by atoms with Crippen LogP contribution in [-0.2, 0) is 9.53 Å². The molecule has 1 amide bonds. The van der Waals surface area contributed by atoms with Gasteiger partial charge in [-0.15, -0.1) is 0 Å². The molecule has 2 rings (SSSR count). The first-order chi connectivity index (χ1) is 8.11. The van der Waals surface area contributed by atoms with Crippen LogP contribution < -0.4 is 5.32 Å². The highest BCUT2D eigenvalue weighted by molar-refractivity contribution is 5.79. The van der Waals surface area contributed by atoms with E-state index in [1.54, 1.807) is 0 Å². The van der Waals surface area contributed by atoms with Crippen molar-refractivity contribution in [2.45, 2.75) is 26.1 Å². The molecule has 0 bridgehead atoms. The van der Waals surface area contributed by atoms with Crippen LogP contribution in [0, 0.1) is 11.8 Å². The van der Waals surface area contributed by atoms with Crippen LogP contribution in [0.1, 0.15) is 13.8 Å². The quantitative estimate of drug-likeness (QED) is 0.697. The first kappa shape index (κ1) is 12.8. The van der Waals surface area contributed by atoms with Gasteiger partial charge in [-0.05, 0) is 25.9 Å².